The van der Waals surface area contributed by atoms with Gasteiger partial charge in [0.25, 0.3) is 0 Å². The highest BCUT2D eigenvalue weighted by Crippen LogP contribution is 2.15. The lowest BCUT2D eigenvalue weighted by Crippen LogP contribution is -2.19. The van der Waals surface area contributed by atoms with Gasteiger partial charge in [0.15, 0.2) is 0 Å². The van der Waals surface area contributed by atoms with E-state index in [1.807, 2.05) is 12.1 Å². The van der Waals surface area contributed by atoms with Crippen LogP contribution in [0.3, 0.4) is 0 Å². The number of carboxylic acid groups (broad SMARTS) is 1. The van der Waals surface area contributed by atoms with Crippen LogP contribution in [-0.4, -0.2) is 17.1 Å². The predicted molar refractivity (Wildman–Crippen MR) is 84.6 cm³/mol. The van der Waals surface area contributed by atoms with Gasteiger partial charge in [-0.1, -0.05) is 28.1 Å². The molecule has 0 aliphatic heterocycles. The first kappa shape index (κ1) is 15.1. The van der Waals surface area contributed by atoms with E-state index in [4.69, 9.17) is 5.11 Å². The molecule has 0 saturated heterocycles. The number of nitrogens with one attached hydrogen (secondary N) is 2. The van der Waals surface area contributed by atoms with E-state index in [-0.39, 0.29) is 12.5 Å². The second-order valence-electron chi connectivity index (χ2n) is 4.36. The van der Waals surface area contributed by atoms with Gasteiger partial charge in [-0.2, -0.15) is 0 Å². The molecule has 0 heterocycles. The van der Waals surface area contributed by atoms with Crippen LogP contribution in [0.5, 0.6) is 0 Å². The van der Waals surface area contributed by atoms with Gasteiger partial charge in [-0.05, 0) is 42.0 Å². The molecule has 0 spiro atoms. The SMILES string of the molecule is O=C(O)Cc1cccc(NC(=O)Nc2ccc(Br)cc2)c1. The maximum Gasteiger partial charge on any atom is 0.323 e. The van der Waals surface area contributed by atoms with Crippen LogP contribution < -0.4 is 10.6 Å². The van der Waals surface area contributed by atoms with E-state index in [0.717, 1.165) is 4.47 Å². The van der Waals surface area contributed by atoms with Gasteiger partial charge in [-0.15, -0.1) is 0 Å². The molecule has 0 saturated carbocycles. The summed E-state index contributed by atoms with van der Waals surface area (Å²) in [6.45, 7) is 0. The van der Waals surface area contributed by atoms with Crippen LogP contribution in [-0.2, 0) is 11.2 Å². The van der Waals surface area contributed by atoms with Crippen LogP contribution in [0, 0.1) is 0 Å². The van der Waals surface area contributed by atoms with Crippen molar-refractivity contribution in [1.82, 2.24) is 0 Å². The Morgan fingerprint density at radius 1 is 1.00 bits per heavy atom. The summed E-state index contributed by atoms with van der Waals surface area (Å²) in [4.78, 5) is 22.5. The van der Waals surface area contributed by atoms with Crippen molar-refractivity contribution in [2.45, 2.75) is 6.42 Å². The summed E-state index contributed by atoms with van der Waals surface area (Å²) in [7, 11) is 0. The van der Waals surface area contributed by atoms with Gasteiger partial charge < -0.3 is 15.7 Å². The highest BCUT2D eigenvalue weighted by atomic mass is 79.9. The number of halogens is 1. The number of rotatable bonds is 4. The molecule has 5 nitrogen and oxygen atoms in total. The molecule has 0 unspecified atom stereocenters. The molecule has 2 aromatic rings. The summed E-state index contributed by atoms with van der Waals surface area (Å²) in [6.07, 6.45) is -0.0795. The molecule has 0 bridgehead atoms. The summed E-state index contributed by atoms with van der Waals surface area (Å²) < 4.78 is 0.926. The van der Waals surface area contributed by atoms with Gasteiger partial charge >= 0.3 is 12.0 Å². The molecule has 3 N–H and O–H groups in total. The molecule has 21 heavy (non-hydrogen) atoms. The molecule has 0 aliphatic rings. The summed E-state index contributed by atoms with van der Waals surface area (Å²) in [6, 6.07) is 13.5. The largest absolute Gasteiger partial charge is 0.481 e. The molecule has 2 rings (SSSR count). The van der Waals surface area contributed by atoms with Crippen LogP contribution in [0.2, 0.25) is 0 Å². The Labute approximate surface area is 130 Å². The van der Waals surface area contributed by atoms with Crippen LogP contribution in [0.1, 0.15) is 5.56 Å². The van der Waals surface area contributed by atoms with E-state index in [1.54, 1.807) is 36.4 Å². The number of hydrogen-bond acceptors (Lipinski definition) is 2. The van der Waals surface area contributed by atoms with Crippen LogP contribution in [0.15, 0.2) is 53.0 Å². The number of carboxylic acids is 1. The highest BCUT2D eigenvalue weighted by Gasteiger charge is 2.05. The summed E-state index contributed by atoms with van der Waals surface area (Å²) in [5.74, 6) is -0.911. The average Bonchev–Trinajstić information content (AvgIpc) is 2.41. The molecule has 6 heteroatoms. The van der Waals surface area contributed by atoms with Gasteiger partial charge in [0.2, 0.25) is 0 Å². The summed E-state index contributed by atoms with van der Waals surface area (Å²) in [5, 5.41) is 14.1. The first-order chi connectivity index (χ1) is 10.0. The van der Waals surface area contributed by atoms with Crippen molar-refractivity contribution in [3.63, 3.8) is 0 Å². The maximum atomic E-state index is 11.9. The molecule has 2 aromatic carbocycles. The van der Waals surface area contributed by atoms with Crippen LogP contribution >= 0.6 is 15.9 Å². The first-order valence-corrected chi connectivity index (χ1v) is 6.96. The zero-order valence-electron chi connectivity index (χ0n) is 11.0. The van der Waals surface area contributed by atoms with Crippen molar-refractivity contribution in [1.29, 1.82) is 0 Å². The normalized spacial score (nSPS) is 9.95. The van der Waals surface area contributed by atoms with Crippen molar-refractivity contribution in [3.8, 4) is 0 Å². The van der Waals surface area contributed by atoms with Gasteiger partial charge in [0, 0.05) is 15.8 Å². The highest BCUT2D eigenvalue weighted by molar-refractivity contribution is 9.10. The Morgan fingerprint density at radius 3 is 2.33 bits per heavy atom. The van der Waals surface area contributed by atoms with Crippen molar-refractivity contribution in [2.24, 2.45) is 0 Å². The number of benzene rings is 2. The second-order valence-corrected chi connectivity index (χ2v) is 5.27. The fourth-order valence-corrected chi connectivity index (χ4v) is 2.02. The summed E-state index contributed by atoms with van der Waals surface area (Å²) in [5.41, 5.74) is 1.84. The third kappa shape index (κ3) is 4.92. The Balaban J connectivity index is 1.99. The summed E-state index contributed by atoms with van der Waals surface area (Å²) >= 11 is 3.32. The molecular formula is C15H13BrN2O3. The molecule has 0 aromatic heterocycles. The molecule has 0 fully saturated rings. The third-order valence-electron chi connectivity index (χ3n) is 2.64. The zero-order chi connectivity index (χ0) is 15.2. The predicted octanol–water partition coefficient (Wildman–Crippen LogP) is 3.72. The standard InChI is InChI=1S/C15H13BrN2O3/c16-11-4-6-12(7-5-11)17-15(21)18-13-3-1-2-10(8-13)9-14(19)20/h1-8H,9H2,(H,19,20)(H2,17,18,21). The topological polar surface area (TPSA) is 78.4 Å². The molecule has 0 atom stereocenters. The molecule has 0 radical (unpaired) electrons. The molecule has 108 valence electrons. The van der Waals surface area contributed by atoms with Gasteiger partial charge in [0.05, 0.1) is 6.42 Å². The van der Waals surface area contributed by atoms with Crippen molar-refractivity contribution >= 4 is 39.3 Å². The second kappa shape index (κ2) is 6.90. The number of aliphatic carboxylic acids is 1. The van der Waals surface area contributed by atoms with Gasteiger partial charge in [-0.3, -0.25) is 4.79 Å². The number of hydrogen-bond donors (Lipinski definition) is 3. The van der Waals surface area contributed by atoms with E-state index >= 15 is 0 Å². The van der Waals surface area contributed by atoms with E-state index in [0.29, 0.717) is 16.9 Å². The monoisotopic (exact) mass is 348 g/mol. The van der Waals surface area contributed by atoms with Gasteiger partial charge in [0.1, 0.15) is 0 Å². The number of carbonyl (C=O) groups is 2. The van der Waals surface area contributed by atoms with Crippen molar-refractivity contribution < 1.29 is 14.7 Å². The van der Waals surface area contributed by atoms with E-state index in [9.17, 15) is 9.59 Å². The van der Waals surface area contributed by atoms with Crippen LogP contribution in [0.4, 0.5) is 16.2 Å². The Kier molecular flexibility index (Phi) is 4.94. The van der Waals surface area contributed by atoms with Gasteiger partial charge in [-0.25, -0.2) is 4.79 Å². The quantitative estimate of drug-likeness (QED) is 0.787. The Bertz CT molecular complexity index is 656. The fraction of sp³-hybridized carbons (Fsp3) is 0.0667. The Hall–Kier alpha value is -2.34. The van der Waals surface area contributed by atoms with Crippen molar-refractivity contribution in [2.75, 3.05) is 10.6 Å². The fourth-order valence-electron chi connectivity index (χ4n) is 1.76. The number of urea groups is 1. The van der Waals surface area contributed by atoms with Crippen LogP contribution in [0.25, 0.3) is 0 Å². The Morgan fingerprint density at radius 2 is 1.67 bits per heavy atom. The zero-order valence-corrected chi connectivity index (χ0v) is 12.6. The average molecular weight is 349 g/mol. The number of carbonyl (C=O) groups excluding carboxylic acids is 1. The number of anilines is 2. The van der Waals surface area contributed by atoms with Crippen molar-refractivity contribution in [3.05, 3.63) is 58.6 Å². The minimum atomic E-state index is -0.911. The number of amides is 2. The lowest BCUT2D eigenvalue weighted by molar-refractivity contribution is -0.136. The smallest absolute Gasteiger partial charge is 0.323 e. The first-order valence-electron chi connectivity index (χ1n) is 6.17. The lowest BCUT2D eigenvalue weighted by Gasteiger charge is -2.08. The molecular weight excluding hydrogens is 336 g/mol. The third-order valence-corrected chi connectivity index (χ3v) is 3.17. The minimum absolute atomic E-state index is 0.0795. The maximum absolute atomic E-state index is 11.9. The van der Waals surface area contributed by atoms with E-state index < -0.39 is 5.97 Å². The molecule has 0 aliphatic carbocycles. The minimum Gasteiger partial charge on any atom is -0.481 e. The van der Waals surface area contributed by atoms with E-state index in [2.05, 4.69) is 26.6 Å². The molecule has 2 amide bonds. The van der Waals surface area contributed by atoms with E-state index in [1.165, 1.54) is 0 Å². The lowest BCUT2D eigenvalue weighted by atomic mass is 10.1.